The number of rotatable bonds is 3. The summed E-state index contributed by atoms with van der Waals surface area (Å²) in [7, 11) is 1.93. The predicted octanol–water partition coefficient (Wildman–Crippen LogP) is -0.0158. The van der Waals surface area contributed by atoms with Crippen LogP contribution in [0.4, 0.5) is 0 Å². The van der Waals surface area contributed by atoms with Crippen LogP contribution in [-0.4, -0.2) is 38.8 Å². The lowest BCUT2D eigenvalue weighted by Gasteiger charge is -2.16. The van der Waals surface area contributed by atoms with Crippen molar-refractivity contribution < 1.29 is 0 Å². The van der Waals surface area contributed by atoms with Crippen LogP contribution in [0.3, 0.4) is 0 Å². The van der Waals surface area contributed by atoms with Crippen molar-refractivity contribution in [3.05, 3.63) is 12.2 Å². The summed E-state index contributed by atoms with van der Waals surface area (Å²) in [4.78, 5) is 6.63. The lowest BCUT2D eigenvalue weighted by Crippen LogP contribution is -2.30. The molecule has 5 nitrogen and oxygen atoms in total. The highest BCUT2D eigenvalue weighted by Gasteiger charge is 2.25. The van der Waals surface area contributed by atoms with Gasteiger partial charge in [-0.2, -0.15) is 5.10 Å². The van der Waals surface area contributed by atoms with Crippen molar-refractivity contribution in [3.8, 4) is 0 Å². The van der Waals surface area contributed by atoms with E-state index in [1.54, 1.807) is 6.33 Å². The molecule has 1 aliphatic heterocycles. The number of likely N-dealkylation sites (tertiary alicyclic amines) is 1. The Labute approximate surface area is 90.3 Å². The van der Waals surface area contributed by atoms with Crippen LogP contribution in [0.25, 0.3) is 0 Å². The summed E-state index contributed by atoms with van der Waals surface area (Å²) in [5, 5.41) is 4.07. The number of hydrogen-bond acceptors (Lipinski definition) is 4. The zero-order chi connectivity index (χ0) is 10.8. The highest BCUT2D eigenvalue weighted by atomic mass is 15.3. The molecule has 0 radical (unpaired) electrons. The second-order valence-electron chi connectivity index (χ2n) is 4.44. The molecule has 1 fully saturated rings. The highest BCUT2D eigenvalue weighted by molar-refractivity contribution is 4.88. The van der Waals surface area contributed by atoms with Gasteiger partial charge in [-0.25, -0.2) is 4.98 Å². The van der Waals surface area contributed by atoms with Crippen molar-refractivity contribution in [2.45, 2.75) is 25.9 Å². The number of aromatic nitrogens is 3. The Kier molecular flexibility index (Phi) is 3.02. The van der Waals surface area contributed by atoms with E-state index in [9.17, 15) is 0 Å². The number of nitrogens with two attached hydrogens (primary N) is 1. The molecule has 5 heteroatoms. The summed E-state index contributed by atoms with van der Waals surface area (Å²) in [5.41, 5.74) is 5.90. The second kappa shape index (κ2) is 4.28. The molecule has 1 aliphatic rings. The van der Waals surface area contributed by atoms with Crippen LogP contribution in [0.15, 0.2) is 6.33 Å². The topological polar surface area (TPSA) is 60.0 Å². The molecular weight excluding hydrogens is 190 g/mol. The maximum Gasteiger partial charge on any atom is 0.140 e. The van der Waals surface area contributed by atoms with E-state index >= 15 is 0 Å². The molecule has 84 valence electrons. The zero-order valence-corrected chi connectivity index (χ0v) is 9.43. The van der Waals surface area contributed by atoms with Gasteiger partial charge in [0.15, 0.2) is 0 Å². The molecule has 1 aromatic heterocycles. The van der Waals surface area contributed by atoms with E-state index in [0.29, 0.717) is 12.0 Å². The SMILES string of the molecule is CC(N)C1CCN(Cc2ncnn2C)C1. The lowest BCUT2D eigenvalue weighted by molar-refractivity contribution is 0.296. The van der Waals surface area contributed by atoms with Crippen molar-refractivity contribution in [1.29, 1.82) is 0 Å². The molecular formula is C10H19N5. The van der Waals surface area contributed by atoms with Gasteiger partial charge in [0.1, 0.15) is 12.2 Å². The molecule has 2 unspecified atom stereocenters. The van der Waals surface area contributed by atoms with Gasteiger partial charge in [-0.3, -0.25) is 9.58 Å². The first-order valence-corrected chi connectivity index (χ1v) is 5.47. The fourth-order valence-corrected chi connectivity index (χ4v) is 2.10. The molecule has 0 bridgehead atoms. The van der Waals surface area contributed by atoms with Gasteiger partial charge in [0.2, 0.25) is 0 Å². The lowest BCUT2D eigenvalue weighted by atomic mass is 10.0. The third-order valence-electron chi connectivity index (χ3n) is 3.22. The quantitative estimate of drug-likeness (QED) is 0.760. The fraction of sp³-hybridized carbons (Fsp3) is 0.800. The van der Waals surface area contributed by atoms with Crippen LogP contribution < -0.4 is 5.73 Å². The van der Waals surface area contributed by atoms with Crippen molar-refractivity contribution in [3.63, 3.8) is 0 Å². The van der Waals surface area contributed by atoms with E-state index in [-0.39, 0.29) is 0 Å². The third-order valence-corrected chi connectivity index (χ3v) is 3.22. The Morgan fingerprint density at radius 3 is 3.00 bits per heavy atom. The van der Waals surface area contributed by atoms with E-state index in [0.717, 1.165) is 25.5 Å². The van der Waals surface area contributed by atoms with Gasteiger partial charge in [-0.05, 0) is 25.8 Å². The summed E-state index contributed by atoms with van der Waals surface area (Å²) in [6.45, 7) is 5.19. The van der Waals surface area contributed by atoms with Gasteiger partial charge in [0, 0.05) is 19.6 Å². The van der Waals surface area contributed by atoms with Crippen LogP contribution in [0.1, 0.15) is 19.2 Å². The average molecular weight is 209 g/mol. The van der Waals surface area contributed by atoms with Crippen LogP contribution in [-0.2, 0) is 13.6 Å². The van der Waals surface area contributed by atoms with E-state index < -0.39 is 0 Å². The van der Waals surface area contributed by atoms with E-state index in [1.807, 2.05) is 11.7 Å². The summed E-state index contributed by atoms with van der Waals surface area (Å²) in [5.74, 6) is 1.67. The maximum absolute atomic E-state index is 5.90. The number of nitrogens with zero attached hydrogens (tertiary/aromatic N) is 4. The molecule has 0 aromatic carbocycles. The summed E-state index contributed by atoms with van der Waals surface area (Å²) in [6.07, 6.45) is 2.81. The second-order valence-corrected chi connectivity index (χ2v) is 4.44. The molecule has 2 atom stereocenters. The highest BCUT2D eigenvalue weighted by Crippen LogP contribution is 2.19. The Balaban J connectivity index is 1.90. The molecule has 0 spiro atoms. The van der Waals surface area contributed by atoms with Crippen molar-refractivity contribution in [2.75, 3.05) is 13.1 Å². The van der Waals surface area contributed by atoms with Crippen LogP contribution in [0.2, 0.25) is 0 Å². The minimum absolute atomic E-state index is 0.300. The van der Waals surface area contributed by atoms with Crippen molar-refractivity contribution >= 4 is 0 Å². The molecule has 15 heavy (non-hydrogen) atoms. The van der Waals surface area contributed by atoms with Gasteiger partial charge >= 0.3 is 0 Å². The average Bonchev–Trinajstić information content (AvgIpc) is 2.77. The number of aryl methyl sites for hydroxylation is 1. The van der Waals surface area contributed by atoms with Gasteiger partial charge < -0.3 is 5.73 Å². The normalized spacial score (nSPS) is 24.6. The molecule has 2 N–H and O–H groups in total. The molecule has 0 saturated carbocycles. The van der Waals surface area contributed by atoms with E-state index in [1.165, 1.54) is 6.42 Å². The minimum Gasteiger partial charge on any atom is -0.328 e. The summed E-state index contributed by atoms with van der Waals surface area (Å²) in [6, 6.07) is 0.300. The standard InChI is InChI=1S/C10H19N5/c1-8(11)9-3-4-15(5-9)6-10-12-7-13-14(10)2/h7-9H,3-6,11H2,1-2H3. The molecule has 1 saturated heterocycles. The first kappa shape index (κ1) is 10.6. The Bertz CT molecular complexity index is 319. The minimum atomic E-state index is 0.300. The zero-order valence-electron chi connectivity index (χ0n) is 9.43. The molecule has 2 heterocycles. The first-order chi connectivity index (χ1) is 7.16. The molecule has 0 aliphatic carbocycles. The summed E-state index contributed by atoms with van der Waals surface area (Å²) < 4.78 is 1.83. The van der Waals surface area contributed by atoms with Crippen molar-refractivity contribution in [2.24, 2.45) is 18.7 Å². The van der Waals surface area contributed by atoms with Gasteiger partial charge in [0.25, 0.3) is 0 Å². The smallest absolute Gasteiger partial charge is 0.140 e. The van der Waals surface area contributed by atoms with E-state index in [2.05, 4.69) is 21.9 Å². The van der Waals surface area contributed by atoms with E-state index in [4.69, 9.17) is 5.73 Å². The van der Waals surface area contributed by atoms with Gasteiger partial charge in [0.05, 0.1) is 6.54 Å². The monoisotopic (exact) mass is 209 g/mol. The van der Waals surface area contributed by atoms with Crippen LogP contribution in [0.5, 0.6) is 0 Å². The molecule has 2 rings (SSSR count). The fourth-order valence-electron chi connectivity index (χ4n) is 2.10. The summed E-state index contributed by atoms with van der Waals surface area (Å²) >= 11 is 0. The largest absolute Gasteiger partial charge is 0.328 e. The van der Waals surface area contributed by atoms with Crippen molar-refractivity contribution in [1.82, 2.24) is 19.7 Å². The van der Waals surface area contributed by atoms with Crippen LogP contribution in [0, 0.1) is 5.92 Å². The van der Waals surface area contributed by atoms with Gasteiger partial charge in [-0.1, -0.05) is 0 Å². The first-order valence-electron chi connectivity index (χ1n) is 5.47. The van der Waals surface area contributed by atoms with Gasteiger partial charge in [-0.15, -0.1) is 0 Å². The predicted molar refractivity (Wildman–Crippen MR) is 58.0 cm³/mol. The number of hydrogen-bond donors (Lipinski definition) is 1. The maximum atomic E-state index is 5.90. The Morgan fingerprint density at radius 2 is 2.47 bits per heavy atom. The van der Waals surface area contributed by atoms with Crippen LogP contribution >= 0.6 is 0 Å². The molecule has 1 aromatic rings. The molecule has 0 amide bonds. The Morgan fingerprint density at radius 1 is 1.67 bits per heavy atom. The Hall–Kier alpha value is -0.940. The third kappa shape index (κ3) is 2.35.